The topological polar surface area (TPSA) is 9.23 Å². The van der Waals surface area contributed by atoms with Crippen LogP contribution in [-0.2, 0) is 0 Å². The lowest BCUT2D eigenvalue weighted by atomic mass is 10.2. The summed E-state index contributed by atoms with van der Waals surface area (Å²) in [5, 5.41) is 1.39. The lowest BCUT2D eigenvalue weighted by Crippen LogP contribution is -2.25. The monoisotopic (exact) mass is 191 g/mol. The van der Waals surface area contributed by atoms with E-state index in [-0.39, 0.29) is 0 Å². The molecule has 1 aromatic rings. The van der Waals surface area contributed by atoms with Crippen molar-refractivity contribution in [2.75, 3.05) is 7.11 Å². The van der Waals surface area contributed by atoms with Gasteiger partial charge in [-0.3, -0.25) is 0 Å². The fourth-order valence-corrected chi connectivity index (χ4v) is 2.47. The van der Waals surface area contributed by atoms with Crippen molar-refractivity contribution in [1.29, 1.82) is 0 Å². The lowest BCUT2D eigenvalue weighted by molar-refractivity contribution is 0.415. The van der Waals surface area contributed by atoms with E-state index in [1.54, 1.807) is 7.11 Å². The van der Waals surface area contributed by atoms with Crippen LogP contribution in [0.25, 0.3) is 6.08 Å². The number of methoxy groups -OCH3 is 1. The van der Waals surface area contributed by atoms with Crippen molar-refractivity contribution in [3.05, 3.63) is 30.3 Å². The molecular weight excluding hydrogens is 176 g/mol. The number of benzene rings is 1. The molecule has 0 saturated carbocycles. The van der Waals surface area contributed by atoms with Crippen LogP contribution in [0.3, 0.4) is 0 Å². The van der Waals surface area contributed by atoms with Gasteiger partial charge in [0.25, 0.3) is 0 Å². The summed E-state index contributed by atoms with van der Waals surface area (Å²) in [6, 6.07) is 6.16. The van der Waals surface area contributed by atoms with E-state index in [2.05, 4.69) is 31.8 Å². The van der Waals surface area contributed by atoms with Crippen LogP contribution in [-0.4, -0.2) is 15.9 Å². The summed E-state index contributed by atoms with van der Waals surface area (Å²) < 4.78 is 5.19. The van der Waals surface area contributed by atoms with Gasteiger partial charge in [-0.1, -0.05) is 37.0 Å². The summed E-state index contributed by atoms with van der Waals surface area (Å²) >= 11 is 0. The Kier molecular flexibility index (Phi) is 3.31. The van der Waals surface area contributed by atoms with E-state index in [9.17, 15) is 0 Å². The first-order valence-corrected chi connectivity index (χ1v) is 6.80. The molecule has 2 heteroatoms. The van der Waals surface area contributed by atoms with E-state index in [0.717, 1.165) is 5.75 Å². The molecule has 1 nitrogen and oxygen atoms in total. The second kappa shape index (κ2) is 4.28. The maximum absolute atomic E-state index is 5.19. The summed E-state index contributed by atoms with van der Waals surface area (Å²) in [7, 11) is 1.26. The molecule has 0 spiro atoms. The average molecular weight is 191 g/mol. The van der Waals surface area contributed by atoms with Gasteiger partial charge < -0.3 is 4.74 Å². The summed E-state index contributed by atoms with van der Waals surface area (Å²) in [6.07, 6.45) is 1.91. The molecule has 0 aliphatic heterocycles. The summed E-state index contributed by atoms with van der Waals surface area (Å²) in [5.74, 6) is 0.937. The first-order chi connectivity index (χ1) is 6.19. The van der Waals surface area contributed by atoms with E-state index in [4.69, 9.17) is 4.74 Å². The highest BCUT2D eigenvalue weighted by Crippen LogP contribution is 2.11. The fourth-order valence-electron chi connectivity index (χ4n) is 1.27. The molecule has 69 valence electrons. The minimum Gasteiger partial charge on any atom is -0.497 e. The Labute approximate surface area is 81.7 Å². The second-order valence-corrected chi connectivity index (χ2v) is 5.70. The molecule has 13 heavy (non-hydrogen) atoms. The SMILES string of the molecule is C=Cc1ccc(OC)cc1[Si](C)C. The molecule has 0 bridgehead atoms. The standard InChI is InChI=1S/C11H15OSi/c1-5-9-6-7-10(12-2)8-11(9)13(3)4/h5-8H,1H2,2-4H3. The molecular formula is C11H15OSi. The first-order valence-electron chi connectivity index (χ1n) is 4.30. The van der Waals surface area contributed by atoms with Gasteiger partial charge in [0.1, 0.15) is 5.75 Å². The Morgan fingerprint density at radius 2 is 2.08 bits per heavy atom. The van der Waals surface area contributed by atoms with E-state index in [1.165, 1.54) is 10.8 Å². The van der Waals surface area contributed by atoms with E-state index in [1.807, 2.05) is 12.1 Å². The highest BCUT2D eigenvalue weighted by molar-refractivity contribution is 6.71. The van der Waals surface area contributed by atoms with E-state index >= 15 is 0 Å². The Hall–Kier alpha value is -1.02. The van der Waals surface area contributed by atoms with Crippen LogP contribution in [0.4, 0.5) is 0 Å². The number of hydrogen-bond donors (Lipinski definition) is 0. The minimum atomic E-state index is -0.437. The zero-order chi connectivity index (χ0) is 9.84. The Balaban J connectivity index is 3.17. The third kappa shape index (κ3) is 2.22. The lowest BCUT2D eigenvalue weighted by Gasteiger charge is -2.10. The molecule has 0 aliphatic carbocycles. The van der Waals surface area contributed by atoms with Crippen molar-refractivity contribution in [1.82, 2.24) is 0 Å². The van der Waals surface area contributed by atoms with Gasteiger partial charge in [-0.05, 0) is 17.7 Å². The molecule has 0 heterocycles. The van der Waals surface area contributed by atoms with Crippen molar-refractivity contribution in [2.45, 2.75) is 13.1 Å². The number of rotatable bonds is 3. The maximum atomic E-state index is 5.19. The molecule has 0 atom stereocenters. The van der Waals surface area contributed by atoms with Gasteiger partial charge in [-0.2, -0.15) is 0 Å². The van der Waals surface area contributed by atoms with Crippen molar-refractivity contribution in [3.63, 3.8) is 0 Å². The number of ether oxygens (including phenoxy) is 1. The van der Waals surface area contributed by atoms with Crippen molar-refractivity contribution >= 4 is 20.1 Å². The highest BCUT2D eigenvalue weighted by Gasteiger charge is 2.06. The summed E-state index contributed by atoms with van der Waals surface area (Å²) in [5.41, 5.74) is 1.24. The van der Waals surface area contributed by atoms with Crippen LogP contribution in [0.1, 0.15) is 5.56 Å². The Morgan fingerprint density at radius 1 is 1.38 bits per heavy atom. The molecule has 0 aromatic heterocycles. The van der Waals surface area contributed by atoms with E-state index < -0.39 is 8.80 Å². The van der Waals surface area contributed by atoms with Gasteiger partial charge in [-0.15, -0.1) is 0 Å². The smallest absolute Gasteiger partial charge is 0.118 e. The summed E-state index contributed by atoms with van der Waals surface area (Å²) in [4.78, 5) is 0. The molecule has 0 amide bonds. The zero-order valence-electron chi connectivity index (χ0n) is 8.42. The molecule has 0 fully saturated rings. The minimum absolute atomic E-state index is 0.437. The number of hydrogen-bond acceptors (Lipinski definition) is 1. The Bertz CT molecular complexity index is 305. The van der Waals surface area contributed by atoms with Crippen molar-refractivity contribution in [2.24, 2.45) is 0 Å². The van der Waals surface area contributed by atoms with E-state index in [0.29, 0.717) is 0 Å². The van der Waals surface area contributed by atoms with Crippen LogP contribution >= 0.6 is 0 Å². The second-order valence-electron chi connectivity index (χ2n) is 3.16. The van der Waals surface area contributed by atoms with Gasteiger partial charge >= 0.3 is 0 Å². The van der Waals surface area contributed by atoms with Crippen LogP contribution in [0, 0.1) is 0 Å². The van der Waals surface area contributed by atoms with Crippen molar-refractivity contribution in [3.8, 4) is 5.75 Å². The molecule has 0 N–H and O–H groups in total. The van der Waals surface area contributed by atoms with Crippen LogP contribution in [0.5, 0.6) is 5.75 Å². The predicted molar refractivity (Wildman–Crippen MR) is 60.2 cm³/mol. The third-order valence-corrected chi connectivity index (χ3v) is 3.53. The molecule has 1 aromatic carbocycles. The van der Waals surface area contributed by atoms with Gasteiger partial charge in [-0.25, -0.2) is 0 Å². The van der Waals surface area contributed by atoms with Crippen LogP contribution in [0.15, 0.2) is 24.8 Å². The predicted octanol–water partition coefficient (Wildman–Crippen LogP) is 2.30. The fraction of sp³-hybridized carbons (Fsp3) is 0.273. The van der Waals surface area contributed by atoms with Crippen LogP contribution in [0.2, 0.25) is 13.1 Å². The largest absolute Gasteiger partial charge is 0.497 e. The molecule has 0 saturated heterocycles. The molecule has 0 aliphatic rings. The quantitative estimate of drug-likeness (QED) is 0.666. The maximum Gasteiger partial charge on any atom is 0.118 e. The normalized spacial score (nSPS) is 10.2. The van der Waals surface area contributed by atoms with Crippen molar-refractivity contribution < 1.29 is 4.74 Å². The molecule has 1 rings (SSSR count). The molecule has 0 unspecified atom stereocenters. The summed E-state index contributed by atoms with van der Waals surface area (Å²) in [6.45, 7) is 8.35. The first kappa shape index (κ1) is 10.1. The Morgan fingerprint density at radius 3 is 2.54 bits per heavy atom. The zero-order valence-corrected chi connectivity index (χ0v) is 9.42. The van der Waals surface area contributed by atoms with Gasteiger partial charge in [0.15, 0.2) is 0 Å². The molecule has 1 radical (unpaired) electrons. The highest BCUT2D eigenvalue weighted by atomic mass is 28.3. The third-order valence-electron chi connectivity index (χ3n) is 2.02. The van der Waals surface area contributed by atoms with Gasteiger partial charge in [0, 0.05) is 0 Å². The van der Waals surface area contributed by atoms with Gasteiger partial charge in [0.2, 0.25) is 0 Å². The average Bonchev–Trinajstić information content (AvgIpc) is 2.16. The van der Waals surface area contributed by atoms with Crippen LogP contribution < -0.4 is 9.92 Å². The van der Waals surface area contributed by atoms with Gasteiger partial charge in [0.05, 0.1) is 15.9 Å².